The molecule has 1 fully saturated rings. The number of hydrogen-bond donors (Lipinski definition) is 0. The van der Waals surface area contributed by atoms with Crippen LogP contribution in [-0.4, -0.2) is 48.8 Å². The molecule has 2 aromatic heterocycles. The number of para-hydroxylation sites is 1. The number of carbonyl (C=O) groups excluding carboxylic acids is 1. The summed E-state index contributed by atoms with van der Waals surface area (Å²) in [7, 11) is -3.06. The molecule has 1 aliphatic carbocycles. The van der Waals surface area contributed by atoms with Gasteiger partial charge in [0.25, 0.3) is 5.91 Å². The molecular weight excluding hydrogens is 412 g/mol. The monoisotopic (exact) mass is 436 g/mol. The number of carbonyl (C=O) groups is 1. The number of pyridine rings is 1. The number of allylic oxidation sites excluding steroid dienone is 1. The Morgan fingerprint density at radius 2 is 1.90 bits per heavy atom. The van der Waals surface area contributed by atoms with E-state index in [1.165, 1.54) is 0 Å². The van der Waals surface area contributed by atoms with Crippen LogP contribution in [0.2, 0.25) is 0 Å². The lowest BCUT2D eigenvalue weighted by Crippen LogP contribution is -2.44. The topological polar surface area (TPSA) is 80.5 Å². The van der Waals surface area contributed by atoms with Gasteiger partial charge in [-0.1, -0.05) is 25.1 Å². The maximum Gasteiger partial charge on any atom is 0.254 e. The van der Waals surface area contributed by atoms with Gasteiger partial charge in [-0.05, 0) is 54.2 Å². The molecule has 3 aromatic rings. The lowest BCUT2D eigenvalue weighted by atomic mass is 9.80. The van der Waals surface area contributed by atoms with Crippen molar-refractivity contribution in [3.05, 3.63) is 65.2 Å². The molecule has 3 heterocycles. The van der Waals surface area contributed by atoms with Crippen LogP contribution in [0.15, 0.2) is 47.1 Å². The first-order chi connectivity index (χ1) is 14.9. The maximum absolute atomic E-state index is 13.7. The Hall–Kier alpha value is -2.93. The van der Waals surface area contributed by atoms with Gasteiger partial charge in [-0.3, -0.25) is 4.79 Å². The fourth-order valence-electron chi connectivity index (χ4n) is 4.60. The van der Waals surface area contributed by atoms with Crippen LogP contribution in [-0.2, 0) is 16.3 Å². The van der Waals surface area contributed by atoms with Gasteiger partial charge in [-0.2, -0.15) is 0 Å². The van der Waals surface area contributed by atoms with Gasteiger partial charge in [-0.15, -0.1) is 0 Å². The number of aromatic nitrogens is 1. The summed E-state index contributed by atoms with van der Waals surface area (Å²) < 4.78 is 29.3. The summed E-state index contributed by atoms with van der Waals surface area (Å²) in [5, 5.41) is 0.825. The van der Waals surface area contributed by atoms with Crippen LogP contribution >= 0.6 is 0 Å². The Kier molecular flexibility index (Phi) is 4.93. The second-order valence-electron chi connectivity index (χ2n) is 8.47. The number of sulfone groups is 1. The van der Waals surface area contributed by atoms with E-state index < -0.39 is 9.84 Å². The van der Waals surface area contributed by atoms with Crippen molar-refractivity contribution in [3.8, 4) is 0 Å². The molecule has 1 amide bonds. The number of fused-ring (bicyclic) bond motifs is 2. The molecule has 0 radical (unpaired) electrons. The van der Waals surface area contributed by atoms with Gasteiger partial charge in [0.2, 0.25) is 0 Å². The van der Waals surface area contributed by atoms with Gasteiger partial charge in [0, 0.05) is 18.5 Å². The van der Waals surface area contributed by atoms with Crippen LogP contribution in [0.25, 0.3) is 22.6 Å². The molecule has 6 nitrogen and oxygen atoms in total. The smallest absolute Gasteiger partial charge is 0.254 e. The molecule has 1 unspecified atom stereocenters. The second kappa shape index (κ2) is 7.64. The predicted molar refractivity (Wildman–Crippen MR) is 120 cm³/mol. The predicted octanol–water partition coefficient (Wildman–Crippen LogP) is 3.82. The molecule has 2 aliphatic rings. The Bertz CT molecular complexity index is 1280. The first kappa shape index (κ1) is 20.0. The van der Waals surface area contributed by atoms with E-state index >= 15 is 0 Å². The van der Waals surface area contributed by atoms with Crippen molar-refractivity contribution in [2.75, 3.05) is 24.6 Å². The highest BCUT2D eigenvalue weighted by Gasteiger charge is 2.32. The summed E-state index contributed by atoms with van der Waals surface area (Å²) in [6.45, 7) is 2.64. The number of benzene rings is 1. The standard InChI is InChI=1S/C24H24N2O4S/c1-16-13-17(15-18-5-4-10-30-18)23-20(14-16)22(19-6-2-3-7-21(19)25-23)24(27)26-8-11-31(28,29)12-9-26/h2-7,10,15-16H,8-9,11-14H2,1H3/b17-15-. The average Bonchev–Trinajstić information content (AvgIpc) is 3.25. The fraction of sp³-hybridized carbons (Fsp3) is 0.333. The summed E-state index contributed by atoms with van der Waals surface area (Å²) >= 11 is 0. The van der Waals surface area contributed by atoms with Crippen molar-refractivity contribution in [1.29, 1.82) is 0 Å². The van der Waals surface area contributed by atoms with E-state index in [1.54, 1.807) is 11.2 Å². The third-order valence-electron chi connectivity index (χ3n) is 6.12. The largest absolute Gasteiger partial charge is 0.465 e. The zero-order valence-corrected chi connectivity index (χ0v) is 18.2. The molecule has 0 spiro atoms. The second-order valence-corrected chi connectivity index (χ2v) is 10.8. The van der Waals surface area contributed by atoms with E-state index in [4.69, 9.17) is 9.40 Å². The van der Waals surface area contributed by atoms with Crippen molar-refractivity contribution >= 4 is 38.3 Å². The lowest BCUT2D eigenvalue weighted by Gasteiger charge is -2.31. The van der Waals surface area contributed by atoms with Crippen molar-refractivity contribution < 1.29 is 17.6 Å². The molecule has 0 bridgehead atoms. The van der Waals surface area contributed by atoms with Gasteiger partial charge in [0.15, 0.2) is 9.84 Å². The summed E-state index contributed by atoms with van der Waals surface area (Å²) in [5.41, 5.74) is 4.30. The Balaban J connectivity index is 1.68. The SMILES string of the molecule is CC1C/C(=C/c2ccco2)c2nc3ccccc3c(C(=O)N3CCS(=O)(=O)CC3)c2C1. The first-order valence-corrected chi connectivity index (χ1v) is 12.4. The quantitative estimate of drug-likeness (QED) is 0.610. The number of hydrogen-bond acceptors (Lipinski definition) is 5. The number of amides is 1. The Morgan fingerprint density at radius 1 is 1.13 bits per heavy atom. The van der Waals surface area contributed by atoms with E-state index in [2.05, 4.69) is 6.92 Å². The molecule has 1 atom stereocenters. The molecule has 1 saturated heterocycles. The molecule has 5 rings (SSSR count). The minimum Gasteiger partial charge on any atom is -0.465 e. The zero-order chi connectivity index (χ0) is 21.6. The average molecular weight is 437 g/mol. The molecule has 7 heteroatoms. The molecule has 0 saturated carbocycles. The minimum atomic E-state index is -3.06. The third kappa shape index (κ3) is 3.78. The lowest BCUT2D eigenvalue weighted by molar-refractivity contribution is 0.0770. The van der Waals surface area contributed by atoms with Crippen LogP contribution in [0.5, 0.6) is 0 Å². The summed E-state index contributed by atoms with van der Waals surface area (Å²) in [6.07, 6.45) is 5.27. The van der Waals surface area contributed by atoms with E-state index in [0.29, 0.717) is 11.5 Å². The first-order valence-electron chi connectivity index (χ1n) is 10.6. The molecule has 1 aromatic carbocycles. The molecule has 1 aliphatic heterocycles. The van der Waals surface area contributed by atoms with Crippen LogP contribution in [0.1, 0.15) is 40.7 Å². The minimum absolute atomic E-state index is 0.0179. The van der Waals surface area contributed by atoms with Crippen molar-refractivity contribution in [3.63, 3.8) is 0 Å². The summed E-state index contributed by atoms with van der Waals surface area (Å²) in [6, 6.07) is 11.5. The van der Waals surface area contributed by atoms with Crippen LogP contribution in [0.4, 0.5) is 0 Å². The van der Waals surface area contributed by atoms with Gasteiger partial charge in [0.1, 0.15) is 5.76 Å². The van der Waals surface area contributed by atoms with Crippen molar-refractivity contribution in [1.82, 2.24) is 9.88 Å². The highest BCUT2D eigenvalue weighted by Crippen LogP contribution is 2.39. The van der Waals surface area contributed by atoms with Gasteiger partial charge in [0.05, 0.1) is 34.5 Å². The number of nitrogens with zero attached hydrogens (tertiary/aromatic N) is 2. The number of furan rings is 1. The number of rotatable bonds is 2. The highest BCUT2D eigenvalue weighted by molar-refractivity contribution is 7.91. The van der Waals surface area contributed by atoms with Gasteiger partial charge in [-0.25, -0.2) is 13.4 Å². The van der Waals surface area contributed by atoms with Crippen LogP contribution in [0, 0.1) is 5.92 Å². The van der Waals surface area contributed by atoms with Gasteiger partial charge >= 0.3 is 0 Å². The Morgan fingerprint density at radius 3 is 2.65 bits per heavy atom. The normalized spacial score (nSPS) is 21.9. The third-order valence-corrected chi connectivity index (χ3v) is 7.73. The van der Waals surface area contributed by atoms with Crippen molar-refractivity contribution in [2.24, 2.45) is 5.92 Å². The maximum atomic E-state index is 13.7. The fourth-order valence-corrected chi connectivity index (χ4v) is 5.80. The summed E-state index contributed by atoms with van der Waals surface area (Å²) in [4.78, 5) is 20.3. The Labute approximate surface area is 181 Å². The highest BCUT2D eigenvalue weighted by atomic mass is 32.2. The van der Waals surface area contributed by atoms with Crippen molar-refractivity contribution in [2.45, 2.75) is 19.8 Å². The van der Waals surface area contributed by atoms with E-state index in [1.807, 2.05) is 42.5 Å². The zero-order valence-electron chi connectivity index (χ0n) is 17.4. The van der Waals surface area contributed by atoms with Crippen LogP contribution in [0.3, 0.4) is 0 Å². The molecule has 0 N–H and O–H groups in total. The van der Waals surface area contributed by atoms with E-state index in [9.17, 15) is 13.2 Å². The van der Waals surface area contributed by atoms with Crippen LogP contribution < -0.4 is 0 Å². The van der Waals surface area contributed by atoms with Gasteiger partial charge < -0.3 is 9.32 Å². The van der Waals surface area contributed by atoms with E-state index in [0.717, 1.165) is 46.3 Å². The van der Waals surface area contributed by atoms with E-state index in [-0.39, 0.29) is 30.5 Å². The summed E-state index contributed by atoms with van der Waals surface area (Å²) in [5.74, 6) is 1.05. The molecular formula is C24H24N2O4S. The molecule has 160 valence electrons. The molecule has 31 heavy (non-hydrogen) atoms.